The second-order valence-electron chi connectivity index (χ2n) is 4.16. The van der Waals surface area contributed by atoms with E-state index in [0.29, 0.717) is 5.02 Å². The SMILES string of the molecule is CN(C)CCNC(CO)c1ccc(Cl)cc1Br. The van der Waals surface area contributed by atoms with Gasteiger partial charge in [-0.05, 0) is 31.8 Å². The van der Waals surface area contributed by atoms with E-state index in [4.69, 9.17) is 11.6 Å². The highest BCUT2D eigenvalue weighted by atomic mass is 79.9. The van der Waals surface area contributed by atoms with E-state index in [1.807, 2.05) is 32.3 Å². The van der Waals surface area contributed by atoms with Gasteiger partial charge in [0.2, 0.25) is 0 Å². The van der Waals surface area contributed by atoms with Gasteiger partial charge in [-0.2, -0.15) is 0 Å². The summed E-state index contributed by atoms with van der Waals surface area (Å²) in [4.78, 5) is 2.10. The highest BCUT2D eigenvalue weighted by Crippen LogP contribution is 2.26. The van der Waals surface area contributed by atoms with E-state index in [2.05, 4.69) is 26.1 Å². The Hall–Kier alpha value is -0.130. The van der Waals surface area contributed by atoms with Gasteiger partial charge < -0.3 is 15.3 Å². The molecule has 0 aliphatic rings. The first-order valence-electron chi connectivity index (χ1n) is 5.48. The van der Waals surface area contributed by atoms with Crippen LogP contribution in [-0.4, -0.2) is 43.8 Å². The molecule has 0 radical (unpaired) electrons. The van der Waals surface area contributed by atoms with Crippen LogP contribution < -0.4 is 5.32 Å². The highest BCUT2D eigenvalue weighted by molar-refractivity contribution is 9.10. The van der Waals surface area contributed by atoms with Gasteiger partial charge in [-0.1, -0.05) is 33.6 Å². The second kappa shape index (κ2) is 7.34. The molecular formula is C12H18BrClN2O. The molecule has 0 amide bonds. The van der Waals surface area contributed by atoms with E-state index < -0.39 is 0 Å². The Kier molecular flexibility index (Phi) is 6.44. The lowest BCUT2D eigenvalue weighted by atomic mass is 10.1. The quantitative estimate of drug-likeness (QED) is 0.844. The number of benzene rings is 1. The smallest absolute Gasteiger partial charge is 0.0626 e. The summed E-state index contributed by atoms with van der Waals surface area (Å²) in [5, 5.41) is 13.4. The Bertz CT molecular complexity index is 360. The molecule has 96 valence electrons. The number of hydrogen-bond acceptors (Lipinski definition) is 3. The number of rotatable bonds is 6. The van der Waals surface area contributed by atoms with Gasteiger partial charge in [0.25, 0.3) is 0 Å². The van der Waals surface area contributed by atoms with E-state index in [0.717, 1.165) is 23.1 Å². The molecule has 5 heteroatoms. The fraction of sp³-hybridized carbons (Fsp3) is 0.500. The van der Waals surface area contributed by atoms with Crippen molar-refractivity contribution in [1.82, 2.24) is 10.2 Å². The lowest BCUT2D eigenvalue weighted by Gasteiger charge is -2.19. The first-order valence-corrected chi connectivity index (χ1v) is 6.65. The van der Waals surface area contributed by atoms with Gasteiger partial charge >= 0.3 is 0 Å². The van der Waals surface area contributed by atoms with Gasteiger partial charge in [0.15, 0.2) is 0 Å². The summed E-state index contributed by atoms with van der Waals surface area (Å²) < 4.78 is 0.918. The Morgan fingerprint density at radius 1 is 1.47 bits per heavy atom. The Morgan fingerprint density at radius 2 is 2.18 bits per heavy atom. The zero-order valence-electron chi connectivity index (χ0n) is 10.1. The molecule has 0 aromatic heterocycles. The number of halogens is 2. The molecule has 1 unspecified atom stereocenters. The summed E-state index contributed by atoms with van der Waals surface area (Å²) >= 11 is 9.35. The molecular weight excluding hydrogens is 304 g/mol. The number of aliphatic hydroxyl groups excluding tert-OH is 1. The molecule has 17 heavy (non-hydrogen) atoms. The maximum absolute atomic E-state index is 9.41. The van der Waals surface area contributed by atoms with E-state index in [1.165, 1.54) is 0 Å². The van der Waals surface area contributed by atoms with E-state index in [-0.39, 0.29) is 12.6 Å². The minimum absolute atomic E-state index is 0.0632. The average molecular weight is 322 g/mol. The molecule has 0 aliphatic carbocycles. The summed E-state index contributed by atoms with van der Waals surface area (Å²) in [6, 6.07) is 5.53. The normalized spacial score (nSPS) is 13.1. The summed E-state index contributed by atoms with van der Waals surface area (Å²) in [5.41, 5.74) is 1.02. The number of hydrogen-bond donors (Lipinski definition) is 2. The fourth-order valence-corrected chi connectivity index (χ4v) is 2.48. The summed E-state index contributed by atoms with van der Waals surface area (Å²) in [6.45, 7) is 1.82. The van der Waals surface area contributed by atoms with E-state index in [1.54, 1.807) is 0 Å². The van der Waals surface area contributed by atoms with Crippen molar-refractivity contribution < 1.29 is 5.11 Å². The first-order chi connectivity index (χ1) is 8.04. The van der Waals surface area contributed by atoms with Crippen LogP contribution in [-0.2, 0) is 0 Å². The number of likely N-dealkylation sites (N-methyl/N-ethyl adjacent to an activating group) is 1. The van der Waals surface area contributed by atoms with Crippen LogP contribution in [0.15, 0.2) is 22.7 Å². The molecule has 1 atom stereocenters. The van der Waals surface area contributed by atoms with Crippen molar-refractivity contribution in [3.05, 3.63) is 33.3 Å². The van der Waals surface area contributed by atoms with Crippen molar-refractivity contribution in [3.8, 4) is 0 Å². The number of aliphatic hydroxyl groups is 1. The Morgan fingerprint density at radius 3 is 2.71 bits per heavy atom. The lowest BCUT2D eigenvalue weighted by Crippen LogP contribution is -2.31. The molecule has 3 nitrogen and oxygen atoms in total. The van der Waals surface area contributed by atoms with E-state index in [9.17, 15) is 5.11 Å². The zero-order valence-corrected chi connectivity index (χ0v) is 12.4. The third-order valence-corrected chi connectivity index (χ3v) is 3.39. The molecule has 0 spiro atoms. The summed E-state index contributed by atoms with van der Waals surface area (Å²) in [6.07, 6.45) is 0. The van der Waals surface area contributed by atoms with Crippen molar-refractivity contribution in [2.24, 2.45) is 0 Å². The monoisotopic (exact) mass is 320 g/mol. The maximum Gasteiger partial charge on any atom is 0.0626 e. The van der Waals surface area contributed by atoms with E-state index >= 15 is 0 Å². The van der Waals surface area contributed by atoms with Crippen molar-refractivity contribution in [3.63, 3.8) is 0 Å². The topological polar surface area (TPSA) is 35.5 Å². The average Bonchev–Trinajstić information content (AvgIpc) is 2.25. The number of nitrogens with zero attached hydrogens (tertiary/aromatic N) is 1. The van der Waals surface area contributed by atoms with Crippen LogP contribution in [0.5, 0.6) is 0 Å². The van der Waals surface area contributed by atoms with Crippen LogP contribution in [0.1, 0.15) is 11.6 Å². The van der Waals surface area contributed by atoms with Gasteiger partial charge in [0, 0.05) is 22.6 Å². The molecule has 1 rings (SSSR count). The van der Waals surface area contributed by atoms with Crippen LogP contribution in [0.25, 0.3) is 0 Å². The predicted octanol–water partition coefficient (Wildman–Crippen LogP) is 2.29. The molecule has 0 saturated carbocycles. The van der Waals surface area contributed by atoms with Crippen molar-refractivity contribution in [2.75, 3.05) is 33.8 Å². The molecule has 0 saturated heterocycles. The molecule has 1 aromatic rings. The lowest BCUT2D eigenvalue weighted by molar-refractivity contribution is 0.240. The van der Waals surface area contributed by atoms with Crippen molar-refractivity contribution in [2.45, 2.75) is 6.04 Å². The number of nitrogens with one attached hydrogen (secondary N) is 1. The largest absolute Gasteiger partial charge is 0.394 e. The molecule has 1 aromatic carbocycles. The highest BCUT2D eigenvalue weighted by Gasteiger charge is 2.13. The minimum atomic E-state index is -0.0680. The second-order valence-corrected chi connectivity index (χ2v) is 5.45. The molecule has 0 fully saturated rings. The summed E-state index contributed by atoms with van der Waals surface area (Å²) in [7, 11) is 4.04. The maximum atomic E-state index is 9.41. The standard InChI is InChI=1S/C12H18BrClN2O/c1-16(2)6-5-15-12(8-17)10-4-3-9(14)7-11(10)13/h3-4,7,12,15,17H,5-6,8H2,1-2H3. The Balaban J connectivity index is 2.66. The van der Waals surface area contributed by atoms with Gasteiger partial charge in [-0.15, -0.1) is 0 Å². The fourth-order valence-electron chi connectivity index (χ4n) is 1.52. The van der Waals surface area contributed by atoms with Gasteiger partial charge in [0.05, 0.1) is 12.6 Å². The summed E-state index contributed by atoms with van der Waals surface area (Å²) in [5.74, 6) is 0. The predicted molar refractivity (Wildman–Crippen MR) is 75.5 cm³/mol. The minimum Gasteiger partial charge on any atom is -0.394 e. The third kappa shape index (κ3) is 4.94. The van der Waals surface area contributed by atoms with Gasteiger partial charge in [-0.25, -0.2) is 0 Å². The van der Waals surface area contributed by atoms with Crippen LogP contribution in [0.2, 0.25) is 5.02 Å². The van der Waals surface area contributed by atoms with Crippen molar-refractivity contribution >= 4 is 27.5 Å². The molecule has 0 aliphatic heterocycles. The molecule has 2 N–H and O–H groups in total. The van der Waals surface area contributed by atoms with Crippen LogP contribution in [0.3, 0.4) is 0 Å². The first kappa shape index (κ1) is 14.9. The van der Waals surface area contributed by atoms with Gasteiger partial charge in [0.1, 0.15) is 0 Å². The molecule has 0 heterocycles. The van der Waals surface area contributed by atoms with Crippen molar-refractivity contribution in [1.29, 1.82) is 0 Å². The van der Waals surface area contributed by atoms with Crippen LogP contribution in [0.4, 0.5) is 0 Å². The zero-order chi connectivity index (χ0) is 12.8. The molecule has 0 bridgehead atoms. The van der Waals surface area contributed by atoms with Crippen LogP contribution >= 0.6 is 27.5 Å². The van der Waals surface area contributed by atoms with Crippen LogP contribution in [0, 0.1) is 0 Å². The van der Waals surface area contributed by atoms with Gasteiger partial charge in [-0.3, -0.25) is 0 Å². The Labute approximate surface area is 116 Å². The third-order valence-electron chi connectivity index (χ3n) is 2.47.